The molecule has 1 aliphatic rings. The molecule has 1 aromatic rings. The SMILES string of the molecule is CC(C)N1CCC(C(CN)COc2cccc(Cl)c2)C1. The highest BCUT2D eigenvalue weighted by molar-refractivity contribution is 6.30. The lowest BCUT2D eigenvalue weighted by molar-refractivity contribution is 0.188. The molecule has 0 spiro atoms. The number of ether oxygens (including phenoxy) is 1. The van der Waals surface area contributed by atoms with E-state index < -0.39 is 0 Å². The molecule has 2 rings (SSSR count). The van der Waals surface area contributed by atoms with Crippen molar-refractivity contribution in [1.29, 1.82) is 0 Å². The van der Waals surface area contributed by atoms with Gasteiger partial charge in [-0.3, -0.25) is 0 Å². The van der Waals surface area contributed by atoms with E-state index in [1.165, 1.54) is 13.0 Å². The fourth-order valence-electron chi connectivity index (χ4n) is 2.83. The number of hydrogen-bond acceptors (Lipinski definition) is 3. The molecule has 1 saturated heterocycles. The van der Waals surface area contributed by atoms with Crippen LogP contribution in [0.3, 0.4) is 0 Å². The maximum Gasteiger partial charge on any atom is 0.120 e. The molecule has 112 valence electrons. The predicted octanol–water partition coefficient (Wildman–Crippen LogP) is 3.02. The minimum Gasteiger partial charge on any atom is -0.493 e. The Bertz CT molecular complexity index is 425. The maximum absolute atomic E-state index is 5.96. The van der Waals surface area contributed by atoms with Crippen LogP contribution in [0.4, 0.5) is 0 Å². The molecule has 1 aromatic carbocycles. The van der Waals surface area contributed by atoms with Crippen LogP contribution in [0.1, 0.15) is 20.3 Å². The van der Waals surface area contributed by atoms with Gasteiger partial charge >= 0.3 is 0 Å². The Hall–Kier alpha value is -0.770. The number of hydrogen-bond donors (Lipinski definition) is 1. The third-order valence-corrected chi connectivity index (χ3v) is 4.45. The van der Waals surface area contributed by atoms with Crippen LogP contribution < -0.4 is 10.5 Å². The van der Waals surface area contributed by atoms with Crippen LogP contribution in [-0.2, 0) is 0 Å². The van der Waals surface area contributed by atoms with Crippen molar-refractivity contribution in [2.45, 2.75) is 26.3 Å². The topological polar surface area (TPSA) is 38.5 Å². The second kappa shape index (κ2) is 7.30. The van der Waals surface area contributed by atoms with Crippen LogP contribution in [0, 0.1) is 11.8 Å². The molecule has 4 heteroatoms. The first-order valence-corrected chi connectivity index (χ1v) is 7.80. The zero-order chi connectivity index (χ0) is 14.5. The van der Waals surface area contributed by atoms with Gasteiger partial charge in [0.1, 0.15) is 5.75 Å². The fraction of sp³-hybridized carbons (Fsp3) is 0.625. The number of halogens is 1. The molecule has 0 amide bonds. The molecule has 1 aliphatic heterocycles. The normalized spacial score (nSPS) is 21.4. The summed E-state index contributed by atoms with van der Waals surface area (Å²) in [5.74, 6) is 1.88. The van der Waals surface area contributed by atoms with E-state index in [2.05, 4.69) is 18.7 Å². The molecule has 1 heterocycles. The van der Waals surface area contributed by atoms with Gasteiger partial charge in [0, 0.05) is 23.5 Å². The van der Waals surface area contributed by atoms with E-state index in [0.717, 1.165) is 12.3 Å². The van der Waals surface area contributed by atoms with Gasteiger partial charge in [-0.25, -0.2) is 0 Å². The highest BCUT2D eigenvalue weighted by Crippen LogP contribution is 2.26. The number of benzene rings is 1. The summed E-state index contributed by atoms with van der Waals surface area (Å²) < 4.78 is 5.87. The maximum atomic E-state index is 5.96. The van der Waals surface area contributed by atoms with Crippen molar-refractivity contribution in [3.05, 3.63) is 29.3 Å². The van der Waals surface area contributed by atoms with E-state index >= 15 is 0 Å². The van der Waals surface area contributed by atoms with Crippen LogP contribution >= 0.6 is 11.6 Å². The van der Waals surface area contributed by atoms with Crippen LogP contribution in [0.15, 0.2) is 24.3 Å². The summed E-state index contributed by atoms with van der Waals surface area (Å²) in [4.78, 5) is 2.52. The zero-order valence-corrected chi connectivity index (χ0v) is 13.1. The quantitative estimate of drug-likeness (QED) is 0.877. The van der Waals surface area contributed by atoms with Crippen molar-refractivity contribution >= 4 is 11.6 Å². The molecule has 2 unspecified atom stereocenters. The summed E-state index contributed by atoms with van der Waals surface area (Å²) in [6.45, 7) is 8.17. The molecule has 2 N–H and O–H groups in total. The van der Waals surface area contributed by atoms with E-state index in [1.807, 2.05) is 24.3 Å². The lowest BCUT2D eigenvalue weighted by atomic mass is 9.92. The van der Waals surface area contributed by atoms with E-state index in [-0.39, 0.29) is 0 Å². The minimum absolute atomic E-state index is 0.415. The van der Waals surface area contributed by atoms with E-state index in [9.17, 15) is 0 Å². The molecule has 3 nitrogen and oxygen atoms in total. The Balaban J connectivity index is 1.87. The molecule has 0 saturated carbocycles. The van der Waals surface area contributed by atoms with Gasteiger partial charge in [-0.15, -0.1) is 0 Å². The second-order valence-corrected chi connectivity index (χ2v) is 6.34. The van der Waals surface area contributed by atoms with Crippen molar-refractivity contribution in [2.75, 3.05) is 26.2 Å². The van der Waals surface area contributed by atoms with Crippen LogP contribution in [0.2, 0.25) is 5.02 Å². The molecular formula is C16H25ClN2O. The van der Waals surface area contributed by atoms with Gasteiger partial charge < -0.3 is 15.4 Å². The lowest BCUT2D eigenvalue weighted by Crippen LogP contribution is -2.33. The first-order valence-electron chi connectivity index (χ1n) is 7.42. The highest BCUT2D eigenvalue weighted by atomic mass is 35.5. The van der Waals surface area contributed by atoms with Crippen molar-refractivity contribution in [3.8, 4) is 5.75 Å². The number of nitrogens with zero attached hydrogens (tertiary/aromatic N) is 1. The van der Waals surface area contributed by atoms with Gasteiger partial charge in [0.2, 0.25) is 0 Å². The summed E-state index contributed by atoms with van der Waals surface area (Å²) in [7, 11) is 0. The summed E-state index contributed by atoms with van der Waals surface area (Å²) in [5, 5.41) is 0.707. The van der Waals surface area contributed by atoms with Crippen molar-refractivity contribution in [1.82, 2.24) is 4.90 Å². The molecule has 0 aliphatic carbocycles. The Morgan fingerprint density at radius 3 is 2.85 bits per heavy atom. The third-order valence-electron chi connectivity index (χ3n) is 4.22. The molecular weight excluding hydrogens is 272 g/mol. The standard InChI is InChI=1S/C16H25ClN2O/c1-12(2)19-7-6-13(10-19)14(9-18)11-20-16-5-3-4-15(17)8-16/h3-5,8,12-14H,6-7,9-11,18H2,1-2H3. The second-order valence-electron chi connectivity index (χ2n) is 5.90. The van der Waals surface area contributed by atoms with Crippen LogP contribution in [0.25, 0.3) is 0 Å². The molecule has 0 radical (unpaired) electrons. The van der Waals surface area contributed by atoms with E-state index in [4.69, 9.17) is 22.1 Å². The van der Waals surface area contributed by atoms with Crippen molar-refractivity contribution < 1.29 is 4.74 Å². The monoisotopic (exact) mass is 296 g/mol. The number of likely N-dealkylation sites (tertiary alicyclic amines) is 1. The van der Waals surface area contributed by atoms with Crippen LogP contribution in [-0.4, -0.2) is 37.2 Å². The largest absolute Gasteiger partial charge is 0.493 e. The Morgan fingerprint density at radius 1 is 1.45 bits per heavy atom. The average molecular weight is 297 g/mol. The summed E-state index contributed by atoms with van der Waals surface area (Å²) >= 11 is 5.96. The van der Waals surface area contributed by atoms with Gasteiger partial charge in [-0.05, 0) is 57.5 Å². The van der Waals surface area contributed by atoms with Crippen molar-refractivity contribution in [3.63, 3.8) is 0 Å². The summed E-state index contributed by atoms with van der Waals surface area (Å²) in [5.41, 5.74) is 5.94. The van der Waals surface area contributed by atoms with Crippen LogP contribution in [0.5, 0.6) is 5.75 Å². The Kier molecular flexibility index (Phi) is 5.70. The van der Waals surface area contributed by atoms with E-state index in [0.29, 0.717) is 36.1 Å². The first kappa shape index (κ1) is 15.6. The molecule has 1 fully saturated rings. The lowest BCUT2D eigenvalue weighted by Gasteiger charge is -2.24. The molecule has 20 heavy (non-hydrogen) atoms. The number of rotatable bonds is 6. The summed E-state index contributed by atoms with van der Waals surface area (Å²) in [6, 6.07) is 8.17. The Morgan fingerprint density at radius 2 is 2.25 bits per heavy atom. The minimum atomic E-state index is 0.415. The molecule has 0 aromatic heterocycles. The third kappa shape index (κ3) is 4.11. The highest BCUT2D eigenvalue weighted by Gasteiger charge is 2.30. The van der Waals surface area contributed by atoms with Gasteiger partial charge in [0.25, 0.3) is 0 Å². The number of nitrogens with two attached hydrogens (primary N) is 1. The summed E-state index contributed by atoms with van der Waals surface area (Å²) in [6.07, 6.45) is 1.22. The van der Waals surface area contributed by atoms with Gasteiger partial charge in [0.15, 0.2) is 0 Å². The van der Waals surface area contributed by atoms with Gasteiger partial charge in [-0.1, -0.05) is 17.7 Å². The zero-order valence-electron chi connectivity index (χ0n) is 12.4. The smallest absolute Gasteiger partial charge is 0.120 e. The Labute approximate surface area is 127 Å². The molecule has 0 bridgehead atoms. The average Bonchev–Trinajstić information content (AvgIpc) is 2.89. The van der Waals surface area contributed by atoms with Gasteiger partial charge in [0.05, 0.1) is 6.61 Å². The van der Waals surface area contributed by atoms with E-state index in [1.54, 1.807) is 0 Å². The van der Waals surface area contributed by atoms with Gasteiger partial charge in [-0.2, -0.15) is 0 Å². The predicted molar refractivity (Wildman–Crippen MR) is 84.3 cm³/mol. The first-order chi connectivity index (χ1) is 9.60. The molecule has 2 atom stereocenters. The van der Waals surface area contributed by atoms with Crippen molar-refractivity contribution in [2.24, 2.45) is 17.6 Å². The fourth-order valence-corrected chi connectivity index (χ4v) is 3.01.